The highest BCUT2D eigenvalue weighted by Gasteiger charge is 2.33. The van der Waals surface area contributed by atoms with Gasteiger partial charge in [0.2, 0.25) is 0 Å². The Bertz CT molecular complexity index is 423. The molecule has 2 N–H and O–H groups in total. The summed E-state index contributed by atoms with van der Waals surface area (Å²) >= 11 is 0. The highest BCUT2D eigenvalue weighted by atomic mass is 19.4. The average molecular weight is 235 g/mol. The van der Waals surface area contributed by atoms with Crippen LogP contribution in [0, 0.1) is 0 Å². The number of aromatic carboxylic acids is 2. The van der Waals surface area contributed by atoms with E-state index < -0.39 is 35.1 Å². The first-order chi connectivity index (χ1) is 7.21. The van der Waals surface area contributed by atoms with Crippen molar-refractivity contribution in [2.24, 2.45) is 0 Å². The highest BCUT2D eigenvalue weighted by Crippen LogP contribution is 2.29. The number of rotatable bonds is 2. The summed E-state index contributed by atoms with van der Waals surface area (Å²) in [7, 11) is 0. The largest absolute Gasteiger partial charge is 0.477 e. The van der Waals surface area contributed by atoms with Crippen LogP contribution in [-0.4, -0.2) is 27.1 Å². The molecule has 16 heavy (non-hydrogen) atoms. The molecule has 5 nitrogen and oxygen atoms in total. The van der Waals surface area contributed by atoms with Crippen molar-refractivity contribution < 1.29 is 33.0 Å². The van der Waals surface area contributed by atoms with E-state index >= 15 is 0 Å². The van der Waals surface area contributed by atoms with Gasteiger partial charge >= 0.3 is 18.1 Å². The lowest BCUT2D eigenvalue weighted by Crippen LogP contribution is -2.13. The molecular weight excluding hydrogens is 231 g/mol. The molecule has 0 unspecified atom stereocenters. The van der Waals surface area contributed by atoms with Gasteiger partial charge in [-0.25, -0.2) is 14.6 Å². The zero-order chi connectivity index (χ0) is 12.5. The van der Waals surface area contributed by atoms with E-state index in [0.717, 1.165) is 0 Å². The molecule has 0 aliphatic heterocycles. The van der Waals surface area contributed by atoms with Crippen LogP contribution in [0.5, 0.6) is 0 Å². The van der Waals surface area contributed by atoms with Crippen molar-refractivity contribution in [3.8, 4) is 0 Å². The van der Waals surface area contributed by atoms with Crippen molar-refractivity contribution in [3.63, 3.8) is 0 Å². The lowest BCUT2D eigenvalue weighted by Gasteiger charge is -2.07. The molecule has 0 aromatic carbocycles. The van der Waals surface area contributed by atoms with Gasteiger partial charge in [0.25, 0.3) is 0 Å². The Morgan fingerprint density at radius 3 is 1.69 bits per heavy atom. The molecule has 0 fully saturated rings. The first-order valence-corrected chi connectivity index (χ1v) is 3.77. The molecule has 0 bridgehead atoms. The maximum atomic E-state index is 12.3. The Hall–Kier alpha value is -2.12. The zero-order valence-electron chi connectivity index (χ0n) is 7.45. The third-order valence-corrected chi connectivity index (χ3v) is 1.59. The SMILES string of the molecule is O=C(O)c1cc(C(F)(F)F)cc(C(=O)O)n1. The van der Waals surface area contributed by atoms with Crippen molar-refractivity contribution in [2.45, 2.75) is 6.18 Å². The Morgan fingerprint density at radius 1 is 1.06 bits per heavy atom. The number of alkyl halides is 3. The van der Waals surface area contributed by atoms with Gasteiger partial charge in [0.15, 0.2) is 0 Å². The fourth-order valence-corrected chi connectivity index (χ4v) is 0.913. The van der Waals surface area contributed by atoms with Crippen molar-refractivity contribution >= 4 is 11.9 Å². The van der Waals surface area contributed by atoms with Gasteiger partial charge in [-0.3, -0.25) is 0 Å². The quantitative estimate of drug-likeness (QED) is 0.810. The summed E-state index contributed by atoms with van der Waals surface area (Å²) in [5, 5.41) is 16.9. The van der Waals surface area contributed by atoms with E-state index in [2.05, 4.69) is 4.98 Å². The normalized spacial score (nSPS) is 11.2. The second-order valence-corrected chi connectivity index (χ2v) is 2.73. The number of carboxylic acid groups (broad SMARTS) is 2. The number of aromatic nitrogens is 1. The predicted octanol–water partition coefficient (Wildman–Crippen LogP) is 1.50. The molecule has 1 aromatic heterocycles. The third-order valence-electron chi connectivity index (χ3n) is 1.59. The van der Waals surface area contributed by atoms with Gasteiger partial charge in [-0.15, -0.1) is 0 Å². The van der Waals surface area contributed by atoms with Gasteiger partial charge in [0.05, 0.1) is 5.56 Å². The Kier molecular flexibility index (Phi) is 2.84. The number of carbonyl (C=O) groups is 2. The number of hydrogen-bond acceptors (Lipinski definition) is 3. The van der Waals surface area contributed by atoms with Crippen molar-refractivity contribution in [2.75, 3.05) is 0 Å². The first kappa shape index (κ1) is 12.0. The standard InChI is InChI=1S/C8H4F3NO4/c9-8(10,11)3-1-4(6(13)14)12-5(2-3)7(15)16/h1-2H,(H,13,14)(H,15,16). The molecule has 0 saturated carbocycles. The van der Waals surface area contributed by atoms with E-state index in [0.29, 0.717) is 0 Å². The maximum absolute atomic E-state index is 12.3. The van der Waals surface area contributed by atoms with Crippen LogP contribution < -0.4 is 0 Å². The molecule has 0 atom stereocenters. The smallest absolute Gasteiger partial charge is 0.416 e. The van der Waals surface area contributed by atoms with Gasteiger partial charge in [-0.2, -0.15) is 13.2 Å². The molecule has 0 amide bonds. The van der Waals surface area contributed by atoms with Crippen LogP contribution in [0.3, 0.4) is 0 Å². The molecule has 1 rings (SSSR count). The number of halogens is 3. The monoisotopic (exact) mass is 235 g/mol. The van der Waals surface area contributed by atoms with Crippen molar-refractivity contribution in [3.05, 3.63) is 29.1 Å². The van der Waals surface area contributed by atoms with E-state index in [1.807, 2.05) is 0 Å². The molecule has 0 saturated heterocycles. The minimum Gasteiger partial charge on any atom is -0.477 e. The molecule has 1 aromatic rings. The van der Waals surface area contributed by atoms with E-state index in [1.54, 1.807) is 0 Å². The summed E-state index contributed by atoms with van der Waals surface area (Å²) < 4.78 is 36.8. The van der Waals surface area contributed by atoms with E-state index in [9.17, 15) is 22.8 Å². The van der Waals surface area contributed by atoms with Gasteiger partial charge in [0.1, 0.15) is 11.4 Å². The minimum absolute atomic E-state index is 0.273. The summed E-state index contributed by atoms with van der Waals surface area (Å²) in [5.74, 6) is -3.46. The van der Waals surface area contributed by atoms with E-state index in [4.69, 9.17) is 10.2 Å². The highest BCUT2D eigenvalue weighted by molar-refractivity contribution is 5.90. The maximum Gasteiger partial charge on any atom is 0.416 e. The van der Waals surface area contributed by atoms with Crippen LogP contribution in [0.15, 0.2) is 12.1 Å². The molecule has 86 valence electrons. The first-order valence-electron chi connectivity index (χ1n) is 3.77. The number of nitrogens with zero attached hydrogens (tertiary/aromatic N) is 1. The van der Waals surface area contributed by atoms with Gasteiger partial charge in [0, 0.05) is 0 Å². The van der Waals surface area contributed by atoms with Gasteiger partial charge < -0.3 is 10.2 Å². The second-order valence-electron chi connectivity index (χ2n) is 2.73. The van der Waals surface area contributed by atoms with Gasteiger partial charge in [-0.05, 0) is 12.1 Å². The molecular formula is C8H4F3NO4. The molecule has 1 heterocycles. The summed E-state index contributed by atoms with van der Waals surface area (Å²) in [6, 6.07) is 0.545. The van der Waals surface area contributed by atoms with Crippen LogP contribution in [0.1, 0.15) is 26.5 Å². The van der Waals surface area contributed by atoms with E-state index in [-0.39, 0.29) is 12.1 Å². The fourth-order valence-electron chi connectivity index (χ4n) is 0.913. The molecule has 0 aliphatic rings. The average Bonchev–Trinajstić information content (AvgIpc) is 2.15. The molecule has 0 radical (unpaired) electrons. The predicted molar refractivity (Wildman–Crippen MR) is 43.2 cm³/mol. The van der Waals surface area contributed by atoms with Crippen LogP contribution in [0.25, 0.3) is 0 Å². The van der Waals surface area contributed by atoms with Crippen molar-refractivity contribution in [1.82, 2.24) is 4.98 Å². The topological polar surface area (TPSA) is 87.5 Å². The van der Waals surface area contributed by atoms with Crippen molar-refractivity contribution in [1.29, 1.82) is 0 Å². The van der Waals surface area contributed by atoms with Crippen LogP contribution >= 0.6 is 0 Å². The van der Waals surface area contributed by atoms with E-state index in [1.165, 1.54) is 0 Å². The summed E-state index contributed by atoms with van der Waals surface area (Å²) in [5.41, 5.74) is -3.29. The molecule has 8 heteroatoms. The summed E-state index contributed by atoms with van der Waals surface area (Å²) in [4.78, 5) is 23.9. The van der Waals surface area contributed by atoms with Gasteiger partial charge in [-0.1, -0.05) is 0 Å². The Balaban J connectivity index is 3.42. The third kappa shape index (κ3) is 2.47. The Labute approximate surface area is 86.2 Å². The lowest BCUT2D eigenvalue weighted by atomic mass is 10.2. The molecule has 0 aliphatic carbocycles. The number of carboxylic acids is 2. The second kappa shape index (κ2) is 3.80. The number of hydrogen-bond donors (Lipinski definition) is 2. The lowest BCUT2D eigenvalue weighted by molar-refractivity contribution is -0.137. The fraction of sp³-hybridized carbons (Fsp3) is 0.125. The molecule has 0 spiro atoms. The van der Waals surface area contributed by atoms with Crippen LogP contribution in [0.4, 0.5) is 13.2 Å². The number of pyridine rings is 1. The Morgan fingerprint density at radius 2 is 1.44 bits per heavy atom. The van der Waals surface area contributed by atoms with Crippen LogP contribution in [0.2, 0.25) is 0 Å². The summed E-state index contributed by atoms with van der Waals surface area (Å²) in [6.07, 6.45) is -4.82. The van der Waals surface area contributed by atoms with Crippen LogP contribution in [-0.2, 0) is 6.18 Å². The zero-order valence-corrected chi connectivity index (χ0v) is 7.45. The minimum atomic E-state index is -4.82. The summed E-state index contributed by atoms with van der Waals surface area (Å²) in [6.45, 7) is 0.